The number of hydrogen-bond acceptors (Lipinski definition) is 5. The van der Waals surface area contributed by atoms with Gasteiger partial charge in [-0.3, -0.25) is 0 Å². The Kier molecular flexibility index (Phi) is 2.12. The van der Waals surface area contributed by atoms with Crippen LogP contribution < -0.4 is 4.73 Å². The third-order valence-corrected chi connectivity index (χ3v) is 3.97. The highest BCUT2D eigenvalue weighted by molar-refractivity contribution is 7.21. The fraction of sp³-hybridized carbons (Fsp3) is 0.100. The lowest BCUT2D eigenvalue weighted by Crippen LogP contribution is -2.23. The van der Waals surface area contributed by atoms with Crippen LogP contribution in [0.15, 0.2) is 23.8 Å². The summed E-state index contributed by atoms with van der Waals surface area (Å²) < 4.78 is 1.77. The molecule has 0 saturated carbocycles. The normalized spacial score (nSPS) is 11.1. The Morgan fingerprint density at radius 2 is 2.25 bits per heavy atom. The smallest absolute Gasteiger partial charge is 0.207 e. The molecule has 80 valence electrons. The molecule has 6 heteroatoms. The molecule has 0 fully saturated rings. The number of fused-ring (bicyclic) bond motifs is 1. The minimum absolute atomic E-state index is 0.725. The zero-order valence-corrected chi connectivity index (χ0v) is 10.0. The molecule has 0 aromatic carbocycles. The SMILES string of the molecule is Cc1nc(-c2nc3c[n+]([O-])ccc3s2)cs1. The van der Waals surface area contributed by atoms with Gasteiger partial charge >= 0.3 is 0 Å². The predicted molar refractivity (Wildman–Crippen MR) is 64.4 cm³/mol. The first kappa shape index (κ1) is 9.68. The first-order valence-electron chi connectivity index (χ1n) is 4.64. The quantitative estimate of drug-likeness (QED) is 0.491. The van der Waals surface area contributed by atoms with E-state index >= 15 is 0 Å². The van der Waals surface area contributed by atoms with E-state index in [9.17, 15) is 5.21 Å². The lowest BCUT2D eigenvalue weighted by molar-refractivity contribution is -0.603. The van der Waals surface area contributed by atoms with Crippen molar-refractivity contribution >= 4 is 32.9 Å². The Labute approximate surface area is 99.4 Å². The summed E-state index contributed by atoms with van der Waals surface area (Å²) in [4.78, 5) is 8.78. The van der Waals surface area contributed by atoms with Crippen molar-refractivity contribution in [3.05, 3.63) is 34.1 Å². The Morgan fingerprint density at radius 1 is 1.38 bits per heavy atom. The highest BCUT2D eigenvalue weighted by Crippen LogP contribution is 2.29. The van der Waals surface area contributed by atoms with Gasteiger partial charge in [-0.25, -0.2) is 9.97 Å². The van der Waals surface area contributed by atoms with Crippen LogP contribution in [-0.2, 0) is 0 Å². The van der Waals surface area contributed by atoms with Gasteiger partial charge in [0.05, 0.1) is 9.71 Å². The second kappa shape index (κ2) is 3.50. The van der Waals surface area contributed by atoms with Crippen molar-refractivity contribution in [3.63, 3.8) is 0 Å². The van der Waals surface area contributed by atoms with E-state index in [2.05, 4.69) is 9.97 Å². The minimum atomic E-state index is 0.725. The molecule has 0 amide bonds. The molecule has 3 rings (SSSR count). The highest BCUT2D eigenvalue weighted by Gasteiger charge is 2.10. The Morgan fingerprint density at radius 3 is 3.00 bits per heavy atom. The molecule has 0 unspecified atom stereocenters. The molecule has 0 radical (unpaired) electrons. The molecule has 0 atom stereocenters. The van der Waals surface area contributed by atoms with Gasteiger partial charge in [0.25, 0.3) is 0 Å². The first-order valence-corrected chi connectivity index (χ1v) is 6.34. The Balaban J connectivity index is 2.18. The summed E-state index contributed by atoms with van der Waals surface area (Å²) in [5, 5.41) is 15.0. The Hall–Kier alpha value is -1.53. The standard InChI is InChI=1S/C10H7N3OS2/c1-6-11-8(5-15-6)10-12-7-4-13(14)3-2-9(7)16-10/h2-5H,1H3. The van der Waals surface area contributed by atoms with Gasteiger partial charge < -0.3 is 5.21 Å². The molecule has 0 aliphatic heterocycles. The zero-order valence-electron chi connectivity index (χ0n) is 8.38. The lowest BCUT2D eigenvalue weighted by atomic mass is 10.4. The third kappa shape index (κ3) is 1.56. The predicted octanol–water partition coefficient (Wildman–Crippen LogP) is 2.36. The highest BCUT2D eigenvalue weighted by atomic mass is 32.1. The summed E-state index contributed by atoms with van der Waals surface area (Å²) in [6, 6.07) is 1.78. The van der Waals surface area contributed by atoms with Crippen LogP contribution in [0, 0.1) is 12.1 Å². The summed E-state index contributed by atoms with van der Waals surface area (Å²) in [7, 11) is 0. The summed E-state index contributed by atoms with van der Waals surface area (Å²) in [5.74, 6) is 0. The first-order chi connectivity index (χ1) is 7.72. The van der Waals surface area contributed by atoms with Gasteiger partial charge in [0.15, 0.2) is 6.20 Å². The molecule has 16 heavy (non-hydrogen) atoms. The molecule has 0 N–H and O–H groups in total. The number of aryl methyl sites for hydroxylation is 1. The van der Waals surface area contributed by atoms with E-state index < -0.39 is 0 Å². The summed E-state index contributed by atoms with van der Waals surface area (Å²) in [5.41, 5.74) is 1.62. The Bertz CT molecular complexity index is 659. The van der Waals surface area contributed by atoms with Crippen LogP contribution in [0.25, 0.3) is 20.9 Å². The fourth-order valence-electron chi connectivity index (χ4n) is 1.43. The molecule has 0 aliphatic carbocycles. The van der Waals surface area contributed by atoms with E-state index in [1.54, 1.807) is 28.7 Å². The monoisotopic (exact) mass is 249 g/mol. The van der Waals surface area contributed by atoms with E-state index in [-0.39, 0.29) is 0 Å². The van der Waals surface area contributed by atoms with E-state index in [1.165, 1.54) is 12.4 Å². The molecular weight excluding hydrogens is 242 g/mol. The molecular formula is C10H7N3OS2. The molecule has 4 nitrogen and oxygen atoms in total. The fourth-order valence-corrected chi connectivity index (χ4v) is 3.00. The van der Waals surface area contributed by atoms with Gasteiger partial charge in [-0.2, -0.15) is 4.73 Å². The van der Waals surface area contributed by atoms with Gasteiger partial charge in [0.2, 0.25) is 6.20 Å². The van der Waals surface area contributed by atoms with Gasteiger partial charge in [0, 0.05) is 11.4 Å². The molecule has 3 aromatic heterocycles. The summed E-state index contributed by atoms with van der Waals surface area (Å²) in [6.07, 6.45) is 2.96. The van der Waals surface area contributed by atoms with Crippen LogP contribution in [-0.4, -0.2) is 9.97 Å². The van der Waals surface area contributed by atoms with E-state index in [1.807, 2.05) is 12.3 Å². The summed E-state index contributed by atoms with van der Waals surface area (Å²) in [6.45, 7) is 1.97. The van der Waals surface area contributed by atoms with Crippen molar-refractivity contribution in [1.29, 1.82) is 0 Å². The van der Waals surface area contributed by atoms with Crippen LogP contribution in [0.4, 0.5) is 0 Å². The maximum atomic E-state index is 11.1. The van der Waals surface area contributed by atoms with Gasteiger partial charge in [0.1, 0.15) is 16.2 Å². The largest absolute Gasteiger partial charge is 0.619 e. The van der Waals surface area contributed by atoms with Crippen LogP contribution in [0.1, 0.15) is 5.01 Å². The van der Waals surface area contributed by atoms with Gasteiger partial charge in [-0.1, -0.05) is 0 Å². The van der Waals surface area contributed by atoms with Crippen LogP contribution in [0.5, 0.6) is 0 Å². The van der Waals surface area contributed by atoms with Crippen LogP contribution >= 0.6 is 22.7 Å². The second-order valence-electron chi connectivity index (χ2n) is 3.33. The van der Waals surface area contributed by atoms with E-state index in [4.69, 9.17) is 0 Å². The number of nitrogens with zero attached hydrogens (tertiary/aromatic N) is 3. The molecule has 3 aromatic rings. The number of aromatic nitrogens is 3. The van der Waals surface area contributed by atoms with Crippen LogP contribution in [0.3, 0.4) is 0 Å². The summed E-state index contributed by atoms with van der Waals surface area (Å²) >= 11 is 3.15. The number of thiazole rings is 2. The third-order valence-electron chi connectivity index (χ3n) is 2.14. The average molecular weight is 249 g/mol. The number of rotatable bonds is 1. The maximum absolute atomic E-state index is 11.1. The van der Waals surface area contributed by atoms with Crippen molar-refractivity contribution in [2.75, 3.05) is 0 Å². The molecule has 0 spiro atoms. The van der Waals surface area contributed by atoms with Crippen molar-refractivity contribution in [3.8, 4) is 10.7 Å². The molecule has 0 bridgehead atoms. The number of pyridine rings is 1. The average Bonchev–Trinajstić information content (AvgIpc) is 2.83. The number of hydrogen-bond donors (Lipinski definition) is 0. The van der Waals surface area contributed by atoms with Crippen molar-refractivity contribution in [2.24, 2.45) is 0 Å². The van der Waals surface area contributed by atoms with Crippen LogP contribution in [0.2, 0.25) is 0 Å². The van der Waals surface area contributed by atoms with Gasteiger partial charge in [-0.15, -0.1) is 22.7 Å². The topological polar surface area (TPSA) is 52.7 Å². The molecule has 3 heterocycles. The zero-order chi connectivity index (χ0) is 11.1. The van der Waals surface area contributed by atoms with E-state index in [0.29, 0.717) is 0 Å². The van der Waals surface area contributed by atoms with Crippen molar-refractivity contribution < 1.29 is 4.73 Å². The van der Waals surface area contributed by atoms with Crippen molar-refractivity contribution in [2.45, 2.75) is 6.92 Å². The molecule has 0 aliphatic rings. The molecule has 0 saturated heterocycles. The maximum Gasteiger partial charge on any atom is 0.207 e. The van der Waals surface area contributed by atoms with Gasteiger partial charge in [-0.05, 0) is 6.92 Å². The van der Waals surface area contributed by atoms with Crippen molar-refractivity contribution in [1.82, 2.24) is 9.97 Å². The van der Waals surface area contributed by atoms with E-state index in [0.717, 1.165) is 30.7 Å². The minimum Gasteiger partial charge on any atom is -0.619 e. The second-order valence-corrected chi connectivity index (χ2v) is 5.42. The lowest BCUT2D eigenvalue weighted by Gasteiger charge is -1.91.